The maximum atomic E-state index is 13.0. The van der Waals surface area contributed by atoms with Crippen LogP contribution in [-0.4, -0.2) is 30.8 Å². The molecule has 3 rings (SSSR count). The molecule has 0 unspecified atom stereocenters. The van der Waals surface area contributed by atoms with E-state index in [9.17, 15) is 14.0 Å². The quantitative estimate of drug-likeness (QED) is 0.678. The van der Waals surface area contributed by atoms with Gasteiger partial charge in [-0.2, -0.15) is 0 Å². The smallest absolute Gasteiger partial charge is 0.259 e. The minimum absolute atomic E-state index is 0.109. The third-order valence-corrected chi connectivity index (χ3v) is 4.24. The second kappa shape index (κ2) is 9.01. The number of anilines is 1. The Balaban J connectivity index is 1.69. The first-order valence-electron chi connectivity index (χ1n) is 9.03. The van der Waals surface area contributed by atoms with Crippen molar-refractivity contribution in [3.8, 4) is 5.75 Å². The highest BCUT2D eigenvalue weighted by Crippen LogP contribution is 2.21. The van der Waals surface area contributed by atoms with E-state index in [0.717, 1.165) is 5.56 Å². The largest absolute Gasteiger partial charge is 0.488 e. The number of amides is 2. The van der Waals surface area contributed by atoms with Gasteiger partial charge in [-0.25, -0.2) is 4.39 Å². The Kier molecular flexibility index (Phi) is 6.24. The van der Waals surface area contributed by atoms with Gasteiger partial charge >= 0.3 is 0 Å². The van der Waals surface area contributed by atoms with Crippen molar-refractivity contribution in [2.75, 3.05) is 19.4 Å². The van der Waals surface area contributed by atoms with Crippen LogP contribution in [0, 0.1) is 5.82 Å². The number of benzene rings is 3. The molecule has 3 aromatic carbocycles. The van der Waals surface area contributed by atoms with Crippen LogP contribution in [-0.2, 0) is 6.61 Å². The van der Waals surface area contributed by atoms with Crippen molar-refractivity contribution in [1.29, 1.82) is 0 Å². The molecule has 0 bridgehead atoms. The van der Waals surface area contributed by atoms with Gasteiger partial charge in [0.05, 0.1) is 5.56 Å². The lowest BCUT2D eigenvalue weighted by molar-refractivity contribution is 0.0827. The van der Waals surface area contributed by atoms with E-state index in [4.69, 9.17) is 4.74 Å². The Morgan fingerprint density at radius 1 is 0.931 bits per heavy atom. The normalized spacial score (nSPS) is 10.3. The summed E-state index contributed by atoms with van der Waals surface area (Å²) in [6.45, 7) is 0.214. The molecule has 0 heterocycles. The van der Waals surface area contributed by atoms with E-state index in [1.165, 1.54) is 17.0 Å². The summed E-state index contributed by atoms with van der Waals surface area (Å²) in [4.78, 5) is 26.1. The second-order valence-corrected chi connectivity index (χ2v) is 6.64. The summed E-state index contributed by atoms with van der Waals surface area (Å²) in [6.07, 6.45) is 0. The van der Waals surface area contributed by atoms with Gasteiger partial charge in [-0.15, -0.1) is 0 Å². The first-order valence-corrected chi connectivity index (χ1v) is 9.03. The lowest BCUT2D eigenvalue weighted by Gasteiger charge is -2.13. The number of nitrogens with one attached hydrogen (secondary N) is 1. The molecule has 0 saturated heterocycles. The number of carbonyl (C=O) groups excluding carboxylic acids is 2. The molecule has 0 saturated carbocycles. The van der Waals surface area contributed by atoms with E-state index in [0.29, 0.717) is 22.6 Å². The molecule has 1 N–H and O–H groups in total. The van der Waals surface area contributed by atoms with Gasteiger partial charge in [-0.1, -0.05) is 24.3 Å². The minimum atomic E-state index is -0.327. The van der Waals surface area contributed by atoms with Crippen molar-refractivity contribution >= 4 is 17.5 Å². The highest BCUT2D eigenvalue weighted by molar-refractivity contribution is 6.06. The number of carbonyl (C=O) groups is 2. The van der Waals surface area contributed by atoms with E-state index < -0.39 is 0 Å². The highest BCUT2D eigenvalue weighted by atomic mass is 19.1. The highest BCUT2D eigenvalue weighted by Gasteiger charge is 2.13. The molecular weight excluding hydrogens is 371 g/mol. The van der Waals surface area contributed by atoms with Crippen LogP contribution in [0.15, 0.2) is 72.8 Å². The van der Waals surface area contributed by atoms with E-state index in [2.05, 4.69) is 5.32 Å². The fraction of sp³-hybridized carbons (Fsp3) is 0.130. The number of para-hydroxylation sites is 1. The average Bonchev–Trinajstić information content (AvgIpc) is 2.73. The van der Waals surface area contributed by atoms with Crippen molar-refractivity contribution in [2.45, 2.75) is 6.61 Å². The molecule has 0 aromatic heterocycles. The Labute approximate surface area is 168 Å². The maximum absolute atomic E-state index is 13.0. The molecular formula is C23H21FN2O3. The SMILES string of the molecule is CN(C)C(=O)c1ccc(NC(=O)c2ccccc2OCc2ccc(F)cc2)cc1. The summed E-state index contributed by atoms with van der Waals surface area (Å²) < 4.78 is 18.8. The Morgan fingerprint density at radius 2 is 1.59 bits per heavy atom. The van der Waals surface area contributed by atoms with Crippen molar-refractivity contribution in [1.82, 2.24) is 4.90 Å². The zero-order valence-electron chi connectivity index (χ0n) is 16.2. The summed E-state index contributed by atoms with van der Waals surface area (Å²) in [5.41, 5.74) is 2.28. The van der Waals surface area contributed by atoms with Gasteiger partial charge in [0.15, 0.2) is 0 Å². The van der Waals surface area contributed by atoms with E-state index in [1.807, 2.05) is 0 Å². The fourth-order valence-corrected chi connectivity index (χ4v) is 2.67. The molecule has 0 spiro atoms. The summed E-state index contributed by atoms with van der Waals surface area (Å²) in [5.74, 6) is -0.325. The van der Waals surface area contributed by atoms with Crippen LogP contribution < -0.4 is 10.1 Å². The van der Waals surface area contributed by atoms with E-state index in [-0.39, 0.29) is 24.2 Å². The fourth-order valence-electron chi connectivity index (χ4n) is 2.67. The number of hydrogen-bond acceptors (Lipinski definition) is 3. The van der Waals surface area contributed by atoms with Gasteiger partial charge in [-0.05, 0) is 54.1 Å². The Morgan fingerprint density at radius 3 is 2.24 bits per heavy atom. The predicted molar refractivity (Wildman–Crippen MR) is 110 cm³/mol. The Hall–Kier alpha value is -3.67. The van der Waals surface area contributed by atoms with Crippen molar-refractivity contribution in [3.63, 3.8) is 0 Å². The molecule has 0 aliphatic carbocycles. The molecule has 5 nitrogen and oxygen atoms in total. The van der Waals surface area contributed by atoms with Crippen LogP contribution in [0.25, 0.3) is 0 Å². The van der Waals surface area contributed by atoms with E-state index >= 15 is 0 Å². The summed E-state index contributed by atoms with van der Waals surface area (Å²) in [5, 5.41) is 2.81. The van der Waals surface area contributed by atoms with Crippen LogP contribution in [0.2, 0.25) is 0 Å². The third-order valence-electron chi connectivity index (χ3n) is 4.24. The van der Waals surface area contributed by atoms with Crippen molar-refractivity contribution < 1.29 is 18.7 Å². The number of nitrogens with zero attached hydrogens (tertiary/aromatic N) is 1. The molecule has 3 aromatic rings. The standard InChI is InChI=1S/C23H21FN2O3/c1-26(2)23(28)17-9-13-19(14-10-17)25-22(27)20-5-3-4-6-21(20)29-15-16-7-11-18(24)12-8-16/h3-14H,15H2,1-2H3,(H,25,27). The molecule has 0 atom stereocenters. The van der Waals surface area contributed by atoms with Crippen molar-refractivity contribution in [3.05, 3.63) is 95.3 Å². The molecule has 0 aliphatic heterocycles. The number of hydrogen-bond donors (Lipinski definition) is 1. The van der Waals surface area contributed by atoms with Crippen molar-refractivity contribution in [2.24, 2.45) is 0 Å². The number of rotatable bonds is 6. The maximum Gasteiger partial charge on any atom is 0.259 e. The van der Waals surface area contributed by atoms with Gasteiger partial charge in [0.2, 0.25) is 0 Å². The topological polar surface area (TPSA) is 58.6 Å². The van der Waals surface area contributed by atoms with Gasteiger partial charge in [0.1, 0.15) is 18.2 Å². The first-order chi connectivity index (χ1) is 13.9. The molecule has 29 heavy (non-hydrogen) atoms. The zero-order chi connectivity index (χ0) is 20.8. The summed E-state index contributed by atoms with van der Waals surface area (Å²) in [6, 6.07) is 19.6. The Bertz CT molecular complexity index is 999. The zero-order valence-corrected chi connectivity index (χ0v) is 16.2. The van der Waals surface area contributed by atoms with Crippen LogP contribution in [0.4, 0.5) is 10.1 Å². The first kappa shape index (κ1) is 20.1. The van der Waals surface area contributed by atoms with Gasteiger partial charge in [0.25, 0.3) is 11.8 Å². The minimum Gasteiger partial charge on any atom is -0.488 e. The van der Waals surface area contributed by atoms with Crippen LogP contribution in [0.3, 0.4) is 0 Å². The van der Waals surface area contributed by atoms with Crippen LogP contribution in [0.1, 0.15) is 26.3 Å². The lowest BCUT2D eigenvalue weighted by Crippen LogP contribution is -2.21. The van der Waals surface area contributed by atoms with Gasteiger partial charge in [-0.3, -0.25) is 9.59 Å². The molecule has 6 heteroatoms. The third kappa shape index (κ3) is 5.19. The van der Waals surface area contributed by atoms with Crippen LogP contribution >= 0.6 is 0 Å². The second-order valence-electron chi connectivity index (χ2n) is 6.64. The summed E-state index contributed by atoms with van der Waals surface area (Å²) in [7, 11) is 3.36. The lowest BCUT2D eigenvalue weighted by atomic mass is 10.1. The van der Waals surface area contributed by atoms with Crippen LogP contribution in [0.5, 0.6) is 5.75 Å². The average molecular weight is 392 g/mol. The molecule has 2 amide bonds. The molecule has 148 valence electrons. The molecule has 0 radical (unpaired) electrons. The summed E-state index contributed by atoms with van der Waals surface area (Å²) >= 11 is 0. The van der Waals surface area contributed by atoms with E-state index in [1.54, 1.807) is 74.8 Å². The monoisotopic (exact) mass is 392 g/mol. The predicted octanol–water partition coefficient (Wildman–Crippen LogP) is 4.36. The van der Waals surface area contributed by atoms with Gasteiger partial charge < -0.3 is 15.0 Å². The molecule has 0 aliphatic rings. The van der Waals surface area contributed by atoms with Gasteiger partial charge in [0, 0.05) is 25.3 Å². The molecule has 0 fully saturated rings. The number of halogens is 1. The number of ether oxygens (including phenoxy) is 1.